The van der Waals surface area contributed by atoms with Gasteiger partial charge in [0.1, 0.15) is 5.78 Å². The molecule has 2 heteroatoms. The average Bonchev–Trinajstić information content (AvgIpc) is 2.64. The molecule has 1 fully saturated rings. The first-order valence-electron chi connectivity index (χ1n) is 5.20. The normalized spacial score (nSPS) is 29.0. The Morgan fingerprint density at radius 2 is 2.15 bits per heavy atom. The van der Waals surface area contributed by atoms with Crippen molar-refractivity contribution in [2.75, 3.05) is 13.6 Å². The Hall–Kier alpha value is -0.370. The minimum Gasteiger partial charge on any atom is -0.303 e. The predicted octanol–water partition coefficient (Wildman–Crippen LogP) is 1.94. The Morgan fingerprint density at radius 3 is 2.54 bits per heavy atom. The highest BCUT2D eigenvalue weighted by Crippen LogP contribution is 2.38. The predicted molar refractivity (Wildman–Crippen MR) is 54.7 cm³/mol. The summed E-state index contributed by atoms with van der Waals surface area (Å²) in [6.07, 6.45) is 2.06. The summed E-state index contributed by atoms with van der Waals surface area (Å²) in [6.45, 7) is 7.27. The Kier molecular flexibility index (Phi) is 3.48. The van der Waals surface area contributed by atoms with Gasteiger partial charge in [0.05, 0.1) is 0 Å². The number of Topliss-reactive ketones (excluding diaryl/α,β-unsaturated/α-hetero) is 1. The van der Waals surface area contributed by atoms with Crippen LogP contribution in [0.15, 0.2) is 0 Å². The van der Waals surface area contributed by atoms with Crippen LogP contribution >= 0.6 is 0 Å². The molecule has 13 heavy (non-hydrogen) atoms. The highest BCUT2D eigenvalue weighted by Gasteiger charge is 2.33. The molecule has 0 aromatic carbocycles. The zero-order valence-corrected chi connectivity index (χ0v) is 9.21. The molecule has 0 spiro atoms. The van der Waals surface area contributed by atoms with Crippen molar-refractivity contribution < 1.29 is 4.79 Å². The van der Waals surface area contributed by atoms with Crippen LogP contribution in [-0.4, -0.2) is 30.3 Å². The fraction of sp³-hybridized carbons (Fsp3) is 0.909. The number of carbonyl (C=O) groups excluding carboxylic acids is 1. The van der Waals surface area contributed by atoms with Crippen molar-refractivity contribution in [3.05, 3.63) is 0 Å². The first kappa shape index (κ1) is 10.7. The minimum atomic E-state index is 0.295. The second-order valence-electron chi connectivity index (χ2n) is 4.67. The van der Waals surface area contributed by atoms with E-state index in [1.54, 1.807) is 6.92 Å². The van der Waals surface area contributed by atoms with Gasteiger partial charge in [-0.3, -0.25) is 4.79 Å². The van der Waals surface area contributed by atoms with Crippen LogP contribution in [0.25, 0.3) is 0 Å². The van der Waals surface area contributed by atoms with Gasteiger partial charge >= 0.3 is 0 Å². The summed E-state index contributed by atoms with van der Waals surface area (Å²) in [6, 6.07) is 0.408. The number of rotatable bonds is 5. The number of hydrogen-bond donors (Lipinski definition) is 0. The van der Waals surface area contributed by atoms with Crippen LogP contribution in [0.5, 0.6) is 0 Å². The third kappa shape index (κ3) is 3.47. The molecule has 3 atom stereocenters. The van der Waals surface area contributed by atoms with E-state index in [-0.39, 0.29) is 0 Å². The summed E-state index contributed by atoms with van der Waals surface area (Å²) in [7, 11) is 2.12. The Balaban J connectivity index is 2.21. The third-order valence-corrected chi connectivity index (χ3v) is 3.13. The van der Waals surface area contributed by atoms with Crippen molar-refractivity contribution in [3.63, 3.8) is 0 Å². The molecule has 0 aromatic rings. The molecule has 1 aliphatic carbocycles. The summed E-state index contributed by atoms with van der Waals surface area (Å²) in [4.78, 5) is 13.2. The zero-order chi connectivity index (χ0) is 10.0. The van der Waals surface area contributed by atoms with Crippen LogP contribution < -0.4 is 0 Å². The summed E-state index contributed by atoms with van der Waals surface area (Å²) < 4.78 is 0. The zero-order valence-electron chi connectivity index (χ0n) is 9.21. The van der Waals surface area contributed by atoms with Gasteiger partial charge in [-0.2, -0.15) is 0 Å². The van der Waals surface area contributed by atoms with Gasteiger partial charge < -0.3 is 4.90 Å². The van der Waals surface area contributed by atoms with Crippen LogP contribution in [0, 0.1) is 11.8 Å². The second-order valence-corrected chi connectivity index (χ2v) is 4.67. The molecule has 1 rings (SSSR count). The van der Waals surface area contributed by atoms with E-state index in [0.29, 0.717) is 18.2 Å². The van der Waals surface area contributed by atoms with E-state index < -0.39 is 0 Å². The molecule has 0 aliphatic heterocycles. The molecule has 0 heterocycles. The fourth-order valence-electron chi connectivity index (χ4n) is 1.78. The summed E-state index contributed by atoms with van der Waals surface area (Å²) >= 11 is 0. The maximum atomic E-state index is 10.9. The van der Waals surface area contributed by atoms with E-state index in [1.807, 2.05) is 0 Å². The molecular weight excluding hydrogens is 162 g/mol. The van der Waals surface area contributed by atoms with E-state index in [9.17, 15) is 4.79 Å². The van der Waals surface area contributed by atoms with Gasteiger partial charge in [0.15, 0.2) is 0 Å². The van der Waals surface area contributed by atoms with E-state index in [0.717, 1.165) is 18.4 Å². The van der Waals surface area contributed by atoms with Crippen LogP contribution in [-0.2, 0) is 4.79 Å². The second kappa shape index (κ2) is 4.23. The highest BCUT2D eigenvalue weighted by molar-refractivity contribution is 5.76. The Morgan fingerprint density at radius 1 is 1.62 bits per heavy atom. The first-order chi connectivity index (χ1) is 6.00. The van der Waals surface area contributed by atoms with Gasteiger partial charge in [-0.15, -0.1) is 0 Å². The first-order valence-corrected chi connectivity index (χ1v) is 5.20. The molecule has 0 bridgehead atoms. The lowest BCUT2D eigenvalue weighted by Crippen LogP contribution is -2.32. The lowest BCUT2D eigenvalue weighted by atomic mass is 10.1. The summed E-state index contributed by atoms with van der Waals surface area (Å²) in [5, 5.41) is 0. The van der Waals surface area contributed by atoms with Crippen molar-refractivity contribution in [1.82, 2.24) is 4.90 Å². The summed E-state index contributed by atoms with van der Waals surface area (Å²) in [5.74, 6) is 2.09. The molecular formula is C11H21NO. The third-order valence-electron chi connectivity index (χ3n) is 3.13. The molecule has 1 saturated carbocycles. The number of carbonyl (C=O) groups is 1. The molecule has 0 radical (unpaired) electrons. The molecule has 0 saturated heterocycles. The van der Waals surface area contributed by atoms with E-state index in [2.05, 4.69) is 25.8 Å². The largest absolute Gasteiger partial charge is 0.303 e. The smallest absolute Gasteiger partial charge is 0.131 e. The fourth-order valence-corrected chi connectivity index (χ4v) is 1.78. The average molecular weight is 183 g/mol. The van der Waals surface area contributed by atoms with Gasteiger partial charge in [-0.1, -0.05) is 6.92 Å². The van der Waals surface area contributed by atoms with Gasteiger partial charge in [-0.25, -0.2) is 0 Å². The molecule has 0 amide bonds. The number of nitrogens with zero attached hydrogens (tertiary/aromatic N) is 1. The Bertz CT molecular complexity index is 191. The van der Waals surface area contributed by atoms with E-state index in [1.165, 1.54) is 6.42 Å². The highest BCUT2D eigenvalue weighted by atomic mass is 16.1. The van der Waals surface area contributed by atoms with E-state index >= 15 is 0 Å². The lowest BCUT2D eigenvalue weighted by molar-refractivity contribution is -0.118. The molecule has 0 N–H and O–H groups in total. The number of ketones is 1. The lowest BCUT2D eigenvalue weighted by Gasteiger charge is -2.23. The molecule has 2 nitrogen and oxygen atoms in total. The van der Waals surface area contributed by atoms with Crippen molar-refractivity contribution >= 4 is 5.78 Å². The van der Waals surface area contributed by atoms with Crippen molar-refractivity contribution in [2.24, 2.45) is 11.8 Å². The monoisotopic (exact) mass is 183 g/mol. The van der Waals surface area contributed by atoms with Crippen molar-refractivity contribution in [2.45, 2.75) is 39.7 Å². The summed E-state index contributed by atoms with van der Waals surface area (Å²) in [5.41, 5.74) is 0. The standard InChI is InChI=1S/C11H21NO/c1-8-5-11(8)7-12(4)9(2)6-10(3)13/h8-9,11H,5-7H2,1-4H3. The minimum absolute atomic E-state index is 0.295. The van der Waals surface area contributed by atoms with Crippen molar-refractivity contribution in [3.8, 4) is 0 Å². The maximum absolute atomic E-state index is 10.9. The van der Waals surface area contributed by atoms with Gasteiger partial charge in [0.25, 0.3) is 0 Å². The molecule has 1 aliphatic rings. The van der Waals surface area contributed by atoms with Gasteiger partial charge in [0, 0.05) is 19.0 Å². The Labute approximate surface area is 81.3 Å². The van der Waals surface area contributed by atoms with Gasteiger partial charge in [-0.05, 0) is 39.2 Å². The van der Waals surface area contributed by atoms with Crippen LogP contribution in [0.4, 0.5) is 0 Å². The van der Waals surface area contributed by atoms with Crippen LogP contribution in [0.2, 0.25) is 0 Å². The van der Waals surface area contributed by atoms with Crippen LogP contribution in [0.1, 0.15) is 33.6 Å². The maximum Gasteiger partial charge on any atom is 0.131 e. The van der Waals surface area contributed by atoms with Crippen molar-refractivity contribution in [1.29, 1.82) is 0 Å². The SMILES string of the molecule is CC(=O)CC(C)N(C)CC1CC1C. The topological polar surface area (TPSA) is 20.3 Å². The van der Waals surface area contributed by atoms with Gasteiger partial charge in [0.2, 0.25) is 0 Å². The van der Waals surface area contributed by atoms with Crippen LogP contribution in [0.3, 0.4) is 0 Å². The molecule has 3 unspecified atom stereocenters. The quantitative estimate of drug-likeness (QED) is 0.649. The number of hydrogen-bond acceptors (Lipinski definition) is 2. The molecule has 76 valence electrons. The molecule has 0 aromatic heterocycles. The van der Waals surface area contributed by atoms with E-state index in [4.69, 9.17) is 0 Å².